The third-order valence-corrected chi connectivity index (χ3v) is 4.40. The highest BCUT2D eigenvalue weighted by atomic mass is 35.5. The van der Waals surface area contributed by atoms with E-state index in [1.807, 2.05) is 28.8 Å². The fraction of sp³-hybridized carbons (Fsp3) is 0.438. The summed E-state index contributed by atoms with van der Waals surface area (Å²) in [6, 6.07) is 5.71. The Kier molecular flexibility index (Phi) is 3.39. The van der Waals surface area contributed by atoms with Crippen LogP contribution in [0.5, 0.6) is 0 Å². The van der Waals surface area contributed by atoms with Gasteiger partial charge in [0.25, 0.3) is 0 Å². The van der Waals surface area contributed by atoms with Crippen molar-refractivity contribution in [2.45, 2.75) is 25.7 Å². The maximum atomic E-state index is 6.28. The third kappa shape index (κ3) is 2.33. The molecule has 6 nitrogen and oxygen atoms in total. The highest BCUT2D eigenvalue weighted by molar-refractivity contribution is 6.32. The fourth-order valence-electron chi connectivity index (χ4n) is 3.16. The zero-order chi connectivity index (χ0) is 16.0. The lowest BCUT2D eigenvalue weighted by Crippen LogP contribution is -2.48. The maximum Gasteiger partial charge on any atom is 0.237 e. The first kappa shape index (κ1) is 14.7. The Bertz CT molecular complexity index is 851. The Morgan fingerprint density at radius 1 is 1.30 bits per heavy atom. The van der Waals surface area contributed by atoms with Crippen LogP contribution < -0.4 is 0 Å². The van der Waals surface area contributed by atoms with E-state index in [1.54, 1.807) is 0 Å². The zero-order valence-corrected chi connectivity index (χ0v) is 13.7. The average Bonchev–Trinajstić information content (AvgIpc) is 3.05. The van der Waals surface area contributed by atoms with Gasteiger partial charge in [0.2, 0.25) is 11.7 Å². The van der Waals surface area contributed by atoms with Gasteiger partial charge < -0.3 is 9.26 Å². The van der Waals surface area contributed by atoms with Crippen molar-refractivity contribution < 1.29 is 9.26 Å². The monoisotopic (exact) mass is 332 g/mol. The summed E-state index contributed by atoms with van der Waals surface area (Å²) in [6.07, 6.45) is 2.84. The van der Waals surface area contributed by atoms with E-state index in [0.717, 1.165) is 12.1 Å². The SMILES string of the molecule is CC(C)CC1(c2nc(-c3c(Cl)nc4ccccn34)no2)COC1. The molecule has 0 radical (unpaired) electrons. The second kappa shape index (κ2) is 5.32. The second-order valence-electron chi connectivity index (χ2n) is 6.47. The van der Waals surface area contributed by atoms with E-state index in [2.05, 4.69) is 29.0 Å². The molecule has 1 aliphatic heterocycles. The molecular weight excluding hydrogens is 316 g/mol. The molecule has 0 unspecified atom stereocenters. The van der Waals surface area contributed by atoms with Gasteiger partial charge in [-0.25, -0.2) is 4.98 Å². The van der Waals surface area contributed by atoms with Gasteiger partial charge in [-0.2, -0.15) is 4.98 Å². The normalized spacial score (nSPS) is 16.9. The Morgan fingerprint density at radius 2 is 2.13 bits per heavy atom. The third-order valence-electron chi connectivity index (χ3n) is 4.13. The molecule has 3 aromatic heterocycles. The van der Waals surface area contributed by atoms with Crippen LogP contribution in [0, 0.1) is 5.92 Å². The number of imidazole rings is 1. The zero-order valence-electron chi connectivity index (χ0n) is 13.0. The molecule has 1 fully saturated rings. The van der Waals surface area contributed by atoms with Gasteiger partial charge in [-0.05, 0) is 24.5 Å². The second-order valence-corrected chi connectivity index (χ2v) is 6.83. The Morgan fingerprint density at radius 3 is 2.83 bits per heavy atom. The number of hydrogen-bond donors (Lipinski definition) is 0. The van der Waals surface area contributed by atoms with Crippen LogP contribution >= 0.6 is 11.6 Å². The van der Waals surface area contributed by atoms with Crippen LogP contribution in [0.1, 0.15) is 26.2 Å². The van der Waals surface area contributed by atoms with Crippen LogP contribution in [0.25, 0.3) is 17.2 Å². The lowest BCUT2D eigenvalue weighted by atomic mass is 9.78. The van der Waals surface area contributed by atoms with Crippen molar-refractivity contribution >= 4 is 17.2 Å². The van der Waals surface area contributed by atoms with Crippen molar-refractivity contribution in [3.8, 4) is 11.5 Å². The first-order valence-electron chi connectivity index (χ1n) is 7.64. The molecule has 1 saturated heterocycles. The molecule has 1 aliphatic rings. The Labute approximate surface area is 138 Å². The van der Waals surface area contributed by atoms with Gasteiger partial charge in [0.15, 0.2) is 5.15 Å². The number of aromatic nitrogens is 4. The van der Waals surface area contributed by atoms with Gasteiger partial charge in [-0.1, -0.05) is 36.7 Å². The van der Waals surface area contributed by atoms with E-state index >= 15 is 0 Å². The maximum absolute atomic E-state index is 6.28. The minimum absolute atomic E-state index is 0.174. The van der Waals surface area contributed by atoms with Crippen LogP contribution in [0.2, 0.25) is 5.15 Å². The molecule has 120 valence electrons. The highest BCUT2D eigenvalue weighted by Crippen LogP contribution is 2.38. The number of rotatable bonds is 4. The van der Waals surface area contributed by atoms with E-state index in [4.69, 9.17) is 20.9 Å². The minimum Gasteiger partial charge on any atom is -0.379 e. The summed E-state index contributed by atoms with van der Waals surface area (Å²) >= 11 is 6.28. The van der Waals surface area contributed by atoms with Crippen LogP contribution in [0.4, 0.5) is 0 Å². The van der Waals surface area contributed by atoms with Gasteiger partial charge >= 0.3 is 0 Å². The van der Waals surface area contributed by atoms with Crippen LogP contribution in [0.15, 0.2) is 28.9 Å². The molecule has 0 spiro atoms. The lowest BCUT2D eigenvalue weighted by molar-refractivity contribution is -0.0841. The first-order valence-corrected chi connectivity index (χ1v) is 8.02. The first-order chi connectivity index (χ1) is 11.1. The molecule has 0 atom stereocenters. The van der Waals surface area contributed by atoms with Crippen LogP contribution in [-0.4, -0.2) is 32.7 Å². The fourth-order valence-corrected chi connectivity index (χ4v) is 3.42. The van der Waals surface area contributed by atoms with E-state index in [-0.39, 0.29) is 5.41 Å². The van der Waals surface area contributed by atoms with Gasteiger partial charge in [-0.15, -0.1) is 0 Å². The topological polar surface area (TPSA) is 65.5 Å². The predicted molar refractivity (Wildman–Crippen MR) is 85.4 cm³/mol. The number of hydrogen-bond acceptors (Lipinski definition) is 5. The van der Waals surface area contributed by atoms with Crippen molar-refractivity contribution in [3.63, 3.8) is 0 Å². The smallest absolute Gasteiger partial charge is 0.237 e. The number of pyridine rings is 1. The molecule has 4 rings (SSSR count). The summed E-state index contributed by atoms with van der Waals surface area (Å²) in [5.74, 6) is 1.60. The lowest BCUT2D eigenvalue weighted by Gasteiger charge is -2.39. The van der Waals surface area contributed by atoms with E-state index in [1.165, 1.54) is 0 Å². The Hall–Kier alpha value is -1.92. The molecular formula is C16H17ClN4O2. The summed E-state index contributed by atoms with van der Waals surface area (Å²) < 4.78 is 12.8. The largest absolute Gasteiger partial charge is 0.379 e. The van der Waals surface area contributed by atoms with Crippen molar-refractivity contribution in [2.24, 2.45) is 5.92 Å². The van der Waals surface area contributed by atoms with Gasteiger partial charge in [0, 0.05) is 6.20 Å². The summed E-state index contributed by atoms with van der Waals surface area (Å²) in [6.45, 7) is 5.60. The molecule has 0 bridgehead atoms. The van der Waals surface area contributed by atoms with Crippen molar-refractivity contribution in [1.29, 1.82) is 0 Å². The van der Waals surface area contributed by atoms with Crippen molar-refractivity contribution in [3.05, 3.63) is 35.4 Å². The molecule has 0 aliphatic carbocycles. The molecule has 4 heterocycles. The molecule has 7 heteroatoms. The number of fused-ring (bicyclic) bond motifs is 1. The predicted octanol–water partition coefficient (Wildman–Crippen LogP) is 3.35. The van der Waals surface area contributed by atoms with Crippen molar-refractivity contribution in [1.82, 2.24) is 19.5 Å². The molecule has 0 saturated carbocycles. The molecule has 23 heavy (non-hydrogen) atoms. The summed E-state index contributed by atoms with van der Waals surface area (Å²) in [5.41, 5.74) is 1.23. The minimum atomic E-state index is -0.174. The van der Waals surface area contributed by atoms with Gasteiger partial charge in [-0.3, -0.25) is 4.40 Å². The number of nitrogens with zero attached hydrogens (tertiary/aromatic N) is 4. The Balaban J connectivity index is 1.77. The van der Waals surface area contributed by atoms with E-state index in [0.29, 0.717) is 41.7 Å². The van der Waals surface area contributed by atoms with Gasteiger partial charge in [0.1, 0.15) is 11.3 Å². The number of halogens is 1. The summed E-state index contributed by atoms with van der Waals surface area (Å²) in [7, 11) is 0. The summed E-state index contributed by atoms with van der Waals surface area (Å²) in [4.78, 5) is 8.93. The average molecular weight is 333 g/mol. The van der Waals surface area contributed by atoms with E-state index < -0.39 is 0 Å². The molecule has 0 N–H and O–H groups in total. The van der Waals surface area contributed by atoms with E-state index in [9.17, 15) is 0 Å². The number of ether oxygens (including phenoxy) is 1. The van der Waals surface area contributed by atoms with Crippen molar-refractivity contribution in [2.75, 3.05) is 13.2 Å². The molecule has 3 aromatic rings. The standard InChI is InChI=1S/C16H17ClN4O2/c1-10(2)7-16(8-22-9-16)15-19-14(20-23-15)12-13(17)18-11-5-3-4-6-21(11)12/h3-6,10H,7-9H2,1-2H3. The molecule has 0 aromatic carbocycles. The van der Waals surface area contributed by atoms with Crippen LogP contribution in [0.3, 0.4) is 0 Å². The summed E-state index contributed by atoms with van der Waals surface area (Å²) in [5, 5.41) is 4.50. The molecule has 0 amide bonds. The van der Waals surface area contributed by atoms with Crippen LogP contribution in [-0.2, 0) is 10.2 Å². The quantitative estimate of drug-likeness (QED) is 0.733. The highest BCUT2D eigenvalue weighted by Gasteiger charge is 2.46. The van der Waals surface area contributed by atoms with Gasteiger partial charge in [0.05, 0.1) is 18.6 Å².